The Balaban J connectivity index is 3.45. The van der Waals surface area contributed by atoms with Gasteiger partial charge in [-0.25, -0.2) is 4.98 Å². The molecular weight excluding hydrogens is 317 g/mol. The van der Waals surface area contributed by atoms with Crippen LogP contribution in [0.25, 0.3) is 0 Å². The summed E-state index contributed by atoms with van der Waals surface area (Å²) in [6, 6.07) is 0. The van der Waals surface area contributed by atoms with Crippen LogP contribution < -0.4 is 5.32 Å². The molecule has 0 spiro atoms. The summed E-state index contributed by atoms with van der Waals surface area (Å²) in [5, 5.41) is 2.68. The third kappa shape index (κ3) is 3.61. The van der Waals surface area contributed by atoms with Gasteiger partial charge in [-0.3, -0.25) is 0 Å². The predicted molar refractivity (Wildman–Crippen MR) is 94.5 cm³/mol. The second-order valence-corrected chi connectivity index (χ2v) is 12.3. The fraction of sp³-hybridized carbons (Fsp3) is 0.625. The van der Waals surface area contributed by atoms with Crippen molar-refractivity contribution in [1.29, 1.82) is 0 Å². The van der Waals surface area contributed by atoms with Crippen LogP contribution in [0.3, 0.4) is 0 Å². The van der Waals surface area contributed by atoms with E-state index in [0.29, 0.717) is 16.6 Å². The molecule has 6 heteroatoms. The van der Waals surface area contributed by atoms with Crippen LogP contribution in [0.5, 0.6) is 0 Å². The molecule has 22 heavy (non-hydrogen) atoms. The molecule has 1 aromatic heterocycles. The molecule has 0 bridgehead atoms. The van der Waals surface area contributed by atoms with Crippen molar-refractivity contribution in [2.75, 3.05) is 12.4 Å². The Morgan fingerprint density at radius 1 is 1.05 bits per heavy atom. The van der Waals surface area contributed by atoms with E-state index < -0.39 is 13.9 Å². The van der Waals surface area contributed by atoms with Crippen molar-refractivity contribution in [3.05, 3.63) is 16.8 Å². The van der Waals surface area contributed by atoms with Crippen LogP contribution >= 0.6 is 11.6 Å². The van der Waals surface area contributed by atoms with Gasteiger partial charge in [0, 0.05) is 7.05 Å². The van der Waals surface area contributed by atoms with Gasteiger partial charge in [-0.1, -0.05) is 47.5 Å². The van der Waals surface area contributed by atoms with E-state index in [9.17, 15) is 4.39 Å². The van der Waals surface area contributed by atoms with Crippen LogP contribution in [0, 0.1) is 17.3 Å². The summed E-state index contributed by atoms with van der Waals surface area (Å²) in [6.07, 6.45) is 0. The Morgan fingerprint density at radius 3 is 1.95 bits per heavy atom. The average Bonchev–Trinajstić information content (AvgIpc) is 2.41. The van der Waals surface area contributed by atoms with Gasteiger partial charge in [-0.2, -0.15) is 9.37 Å². The molecule has 0 radical (unpaired) electrons. The van der Waals surface area contributed by atoms with Crippen molar-refractivity contribution in [2.45, 2.75) is 58.2 Å². The van der Waals surface area contributed by atoms with Crippen LogP contribution in [0.1, 0.15) is 47.2 Å². The first kappa shape index (κ1) is 18.9. The number of rotatable bonds is 4. The van der Waals surface area contributed by atoms with Gasteiger partial charge in [0.05, 0.1) is 0 Å². The van der Waals surface area contributed by atoms with Crippen LogP contribution in [-0.4, -0.2) is 25.1 Å². The van der Waals surface area contributed by atoms with Crippen LogP contribution in [0.2, 0.25) is 21.9 Å². The van der Waals surface area contributed by atoms with Gasteiger partial charge < -0.3 is 5.32 Å². The Bertz CT molecular complexity index is 569. The summed E-state index contributed by atoms with van der Waals surface area (Å²) in [6.45, 7) is 13.3. The second-order valence-electron chi connectivity index (χ2n) is 6.40. The van der Waals surface area contributed by atoms with Gasteiger partial charge in [0.15, 0.2) is 17.3 Å². The number of aromatic nitrogens is 2. The maximum absolute atomic E-state index is 14.3. The summed E-state index contributed by atoms with van der Waals surface area (Å²) in [5.41, 5.74) is 4.94. The lowest BCUT2D eigenvalue weighted by atomic mass is 10.4. The molecule has 0 saturated heterocycles. The molecule has 1 rings (SSSR count). The third-order valence-corrected chi connectivity index (χ3v) is 10.8. The summed E-state index contributed by atoms with van der Waals surface area (Å²) in [7, 11) is -0.338. The lowest BCUT2D eigenvalue weighted by Crippen LogP contribution is -2.43. The van der Waals surface area contributed by atoms with Crippen LogP contribution in [-0.2, 0) is 0 Å². The zero-order valence-corrected chi connectivity index (χ0v) is 16.1. The van der Waals surface area contributed by atoms with E-state index in [1.807, 2.05) is 0 Å². The molecule has 0 aromatic carbocycles. The number of nitrogens with zero attached hydrogens (tertiary/aromatic N) is 2. The Hall–Kier alpha value is -1.12. The minimum absolute atomic E-state index is 0.000887. The molecule has 1 N–H and O–H groups in total. The highest BCUT2D eigenvalue weighted by molar-refractivity contribution is 6.90. The molecule has 0 aliphatic carbocycles. The van der Waals surface area contributed by atoms with Crippen molar-refractivity contribution in [1.82, 2.24) is 9.97 Å². The van der Waals surface area contributed by atoms with E-state index in [2.05, 4.69) is 68.3 Å². The first-order chi connectivity index (χ1) is 10.2. The van der Waals surface area contributed by atoms with Crippen LogP contribution in [0.4, 0.5) is 10.2 Å². The number of anilines is 1. The number of hydrogen-bond donors (Lipinski definition) is 1. The van der Waals surface area contributed by atoms with E-state index in [1.54, 1.807) is 7.05 Å². The average molecular weight is 342 g/mol. The molecule has 3 nitrogen and oxygen atoms in total. The van der Waals surface area contributed by atoms with Gasteiger partial charge in [-0.05, 0) is 28.2 Å². The highest BCUT2D eigenvalue weighted by Gasteiger charge is 2.41. The fourth-order valence-corrected chi connectivity index (χ4v) is 8.64. The lowest BCUT2D eigenvalue weighted by Gasteiger charge is -2.38. The highest BCUT2D eigenvalue weighted by atomic mass is 35.5. The van der Waals surface area contributed by atoms with Crippen molar-refractivity contribution in [2.24, 2.45) is 0 Å². The quantitative estimate of drug-likeness (QED) is 0.482. The molecule has 0 fully saturated rings. The first-order valence-corrected chi connectivity index (χ1v) is 10.2. The molecule has 0 atom stereocenters. The number of nitrogens with one attached hydrogen (secondary N) is 1. The maximum atomic E-state index is 14.3. The molecule has 0 aliphatic rings. The summed E-state index contributed by atoms with van der Waals surface area (Å²) in [5.74, 6) is 2.51. The Labute approximate surface area is 139 Å². The molecule has 1 aromatic rings. The fourth-order valence-electron chi connectivity index (χ4n) is 3.27. The predicted octanol–water partition coefficient (Wildman–Crippen LogP) is 4.88. The van der Waals surface area contributed by atoms with Crippen LogP contribution in [0.15, 0.2) is 0 Å². The van der Waals surface area contributed by atoms with Crippen molar-refractivity contribution in [3.63, 3.8) is 0 Å². The Morgan fingerprint density at radius 2 is 1.55 bits per heavy atom. The zero-order valence-electron chi connectivity index (χ0n) is 14.4. The van der Waals surface area contributed by atoms with Gasteiger partial charge in [0.1, 0.15) is 8.07 Å². The SMILES string of the molecule is CNc1nc(Cl)nc(C#C[Si](C(C)C)(C(C)C)C(C)C)c1F. The van der Waals surface area contributed by atoms with E-state index in [1.165, 1.54) is 0 Å². The molecule has 0 saturated carbocycles. The third-order valence-electron chi connectivity index (χ3n) is 4.32. The Kier molecular flexibility index (Phi) is 6.39. The molecule has 0 unspecified atom stereocenters. The number of hydrogen-bond acceptors (Lipinski definition) is 3. The van der Waals surface area contributed by atoms with Gasteiger partial charge in [-0.15, -0.1) is 5.54 Å². The smallest absolute Gasteiger partial charge is 0.225 e. The van der Waals surface area contributed by atoms with Crippen molar-refractivity contribution >= 4 is 25.5 Å². The zero-order chi connectivity index (χ0) is 17.1. The van der Waals surface area contributed by atoms with E-state index in [-0.39, 0.29) is 16.8 Å². The minimum atomic E-state index is -1.93. The summed E-state index contributed by atoms with van der Waals surface area (Å²) < 4.78 is 14.3. The van der Waals surface area contributed by atoms with E-state index >= 15 is 0 Å². The molecule has 0 amide bonds. The van der Waals surface area contributed by atoms with Gasteiger partial charge in [0.25, 0.3) is 0 Å². The van der Waals surface area contributed by atoms with E-state index in [4.69, 9.17) is 11.6 Å². The second kappa shape index (κ2) is 7.43. The number of halogens is 2. The maximum Gasteiger partial charge on any atom is 0.225 e. The van der Waals surface area contributed by atoms with Crippen molar-refractivity contribution < 1.29 is 4.39 Å². The van der Waals surface area contributed by atoms with Crippen molar-refractivity contribution in [3.8, 4) is 11.5 Å². The van der Waals surface area contributed by atoms with Gasteiger partial charge >= 0.3 is 0 Å². The molecular formula is C16H25ClFN3Si. The minimum Gasteiger partial charge on any atom is -0.371 e. The molecule has 0 aliphatic heterocycles. The van der Waals surface area contributed by atoms with Gasteiger partial charge in [0.2, 0.25) is 5.28 Å². The first-order valence-electron chi connectivity index (χ1n) is 7.60. The molecule has 122 valence electrons. The standard InChI is InChI=1S/C16H25ClFN3Si/c1-10(2)22(11(3)4,12(5)6)9-8-13-14(18)15(19-7)21-16(17)20-13/h10-12H,1-7H3,(H,19,20,21). The topological polar surface area (TPSA) is 37.8 Å². The highest BCUT2D eigenvalue weighted by Crippen LogP contribution is 2.40. The lowest BCUT2D eigenvalue weighted by molar-refractivity contribution is 0.614. The normalized spacial score (nSPS) is 11.8. The monoisotopic (exact) mass is 341 g/mol. The summed E-state index contributed by atoms with van der Waals surface area (Å²) in [4.78, 5) is 7.76. The molecule has 1 heterocycles. The summed E-state index contributed by atoms with van der Waals surface area (Å²) >= 11 is 5.85. The van der Waals surface area contributed by atoms with E-state index in [0.717, 1.165) is 0 Å². The largest absolute Gasteiger partial charge is 0.371 e.